The second-order valence-electron chi connectivity index (χ2n) is 5.18. The number of carbonyl (C=O) groups is 1. The molecule has 0 fully saturated rings. The minimum Gasteiger partial charge on any atom is -0.399 e. The van der Waals surface area contributed by atoms with E-state index >= 15 is 0 Å². The van der Waals surface area contributed by atoms with Crippen molar-refractivity contribution in [3.63, 3.8) is 0 Å². The number of amides is 1. The van der Waals surface area contributed by atoms with Crippen molar-refractivity contribution in [2.45, 2.75) is 26.8 Å². The fraction of sp³-hybridized carbons (Fsp3) is 0.235. The first kappa shape index (κ1) is 14.1. The van der Waals surface area contributed by atoms with Gasteiger partial charge in [-0.25, -0.2) is 0 Å². The lowest BCUT2D eigenvalue weighted by molar-refractivity contribution is 0.0939. The lowest BCUT2D eigenvalue weighted by atomic mass is 10.0. The number of hydrogen-bond donors (Lipinski definition) is 2. The summed E-state index contributed by atoms with van der Waals surface area (Å²) in [5, 5.41) is 3.01. The molecule has 2 aromatic rings. The highest BCUT2D eigenvalue weighted by Crippen LogP contribution is 2.17. The Morgan fingerprint density at radius 1 is 1.15 bits per heavy atom. The number of rotatable bonds is 3. The minimum atomic E-state index is -0.0771. The van der Waals surface area contributed by atoms with Crippen molar-refractivity contribution in [1.82, 2.24) is 5.32 Å². The van der Waals surface area contributed by atoms with Crippen LogP contribution in [0.15, 0.2) is 42.5 Å². The molecule has 3 N–H and O–H groups in total. The molecular formula is C17H20N2O. The zero-order valence-corrected chi connectivity index (χ0v) is 12.1. The summed E-state index contributed by atoms with van der Waals surface area (Å²) in [6.45, 7) is 5.92. The van der Waals surface area contributed by atoms with E-state index in [1.807, 2.05) is 63.2 Å². The molecule has 1 unspecified atom stereocenters. The van der Waals surface area contributed by atoms with Crippen LogP contribution in [-0.2, 0) is 0 Å². The van der Waals surface area contributed by atoms with Gasteiger partial charge in [0.15, 0.2) is 0 Å². The zero-order chi connectivity index (χ0) is 14.7. The molecule has 2 aromatic carbocycles. The Hall–Kier alpha value is -2.29. The summed E-state index contributed by atoms with van der Waals surface area (Å²) in [5.74, 6) is -0.0579. The zero-order valence-electron chi connectivity index (χ0n) is 12.1. The standard InChI is InChI=1S/C17H20N2O/c1-11-7-8-16(12(2)9-11)17(20)19-13(3)14-5-4-6-15(18)10-14/h4-10,13H,18H2,1-3H3,(H,19,20). The van der Waals surface area contributed by atoms with E-state index in [2.05, 4.69) is 5.32 Å². The molecule has 104 valence electrons. The first-order valence-corrected chi connectivity index (χ1v) is 6.71. The summed E-state index contributed by atoms with van der Waals surface area (Å²) in [6.07, 6.45) is 0. The smallest absolute Gasteiger partial charge is 0.252 e. The topological polar surface area (TPSA) is 55.1 Å². The fourth-order valence-electron chi connectivity index (χ4n) is 2.25. The van der Waals surface area contributed by atoms with Crippen LogP contribution in [0.3, 0.4) is 0 Å². The molecule has 0 bridgehead atoms. The highest BCUT2D eigenvalue weighted by Gasteiger charge is 2.13. The number of aryl methyl sites for hydroxylation is 2. The molecule has 0 saturated heterocycles. The van der Waals surface area contributed by atoms with Crippen molar-refractivity contribution >= 4 is 11.6 Å². The summed E-state index contributed by atoms with van der Waals surface area (Å²) in [5.41, 5.74) is 10.3. The molecule has 0 saturated carbocycles. The quantitative estimate of drug-likeness (QED) is 0.838. The minimum absolute atomic E-state index is 0.0579. The van der Waals surface area contributed by atoms with Gasteiger partial charge in [-0.3, -0.25) is 4.79 Å². The van der Waals surface area contributed by atoms with E-state index in [4.69, 9.17) is 5.73 Å². The van der Waals surface area contributed by atoms with Gasteiger partial charge in [0.2, 0.25) is 0 Å². The van der Waals surface area contributed by atoms with E-state index in [-0.39, 0.29) is 11.9 Å². The molecule has 3 nitrogen and oxygen atoms in total. The molecule has 0 radical (unpaired) electrons. The Morgan fingerprint density at radius 2 is 1.90 bits per heavy atom. The van der Waals surface area contributed by atoms with Gasteiger partial charge in [-0.15, -0.1) is 0 Å². The van der Waals surface area contributed by atoms with Crippen LogP contribution in [0.2, 0.25) is 0 Å². The third-order valence-electron chi connectivity index (χ3n) is 3.38. The molecule has 2 rings (SSSR count). The molecule has 1 atom stereocenters. The molecule has 20 heavy (non-hydrogen) atoms. The number of benzene rings is 2. The summed E-state index contributed by atoms with van der Waals surface area (Å²) in [4.78, 5) is 12.3. The van der Waals surface area contributed by atoms with Crippen LogP contribution in [0.5, 0.6) is 0 Å². The van der Waals surface area contributed by atoms with Gasteiger partial charge in [0.1, 0.15) is 0 Å². The van der Waals surface area contributed by atoms with Crippen LogP contribution in [0, 0.1) is 13.8 Å². The van der Waals surface area contributed by atoms with Crippen LogP contribution < -0.4 is 11.1 Å². The van der Waals surface area contributed by atoms with E-state index in [9.17, 15) is 4.79 Å². The third-order valence-corrected chi connectivity index (χ3v) is 3.38. The molecule has 0 aromatic heterocycles. The molecule has 0 aliphatic heterocycles. The molecule has 1 amide bonds. The Kier molecular flexibility index (Phi) is 4.08. The first-order valence-electron chi connectivity index (χ1n) is 6.71. The van der Waals surface area contributed by atoms with Gasteiger partial charge in [0, 0.05) is 11.3 Å². The van der Waals surface area contributed by atoms with Crippen LogP contribution >= 0.6 is 0 Å². The van der Waals surface area contributed by atoms with Gasteiger partial charge in [0.05, 0.1) is 6.04 Å². The van der Waals surface area contributed by atoms with Crippen molar-refractivity contribution in [1.29, 1.82) is 0 Å². The number of nitrogens with two attached hydrogens (primary N) is 1. The monoisotopic (exact) mass is 268 g/mol. The van der Waals surface area contributed by atoms with Crippen molar-refractivity contribution in [3.8, 4) is 0 Å². The van der Waals surface area contributed by atoms with E-state index in [0.29, 0.717) is 11.3 Å². The second kappa shape index (κ2) is 5.78. The predicted molar refractivity (Wildman–Crippen MR) is 82.7 cm³/mol. The fourth-order valence-corrected chi connectivity index (χ4v) is 2.25. The van der Waals surface area contributed by atoms with Gasteiger partial charge >= 0.3 is 0 Å². The van der Waals surface area contributed by atoms with Crippen molar-refractivity contribution in [2.75, 3.05) is 5.73 Å². The van der Waals surface area contributed by atoms with Crippen LogP contribution in [-0.4, -0.2) is 5.91 Å². The highest BCUT2D eigenvalue weighted by atomic mass is 16.1. The van der Waals surface area contributed by atoms with Crippen molar-refractivity contribution in [2.24, 2.45) is 0 Å². The largest absolute Gasteiger partial charge is 0.399 e. The van der Waals surface area contributed by atoms with Gasteiger partial charge in [-0.05, 0) is 50.1 Å². The normalized spacial score (nSPS) is 11.9. The average Bonchev–Trinajstić information content (AvgIpc) is 2.38. The number of hydrogen-bond acceptors (Lipinski definition) is 2. The summed E-state index contributed by atoms with van der Waals surface area (Å²) in [7, 11) is 0. The summed E-state index contributed by atoms with van der Waals surface area (Å²) < 4.78 is 0. The Labute approximate surface area is 119 Å². The van der Waals surface area contributed by atoms with Crippen LogP contribution in [0.25, 0.3) is 0 Å². The molecule has 0 aliphatic rings. The third kappa shape index (κ3) is 3.18. The summed E-state index contributed by atoms with van der Waals surface area (Å²) >= 11 is 0. The highest BCUT2D eigenvalue weighted by molar-refractivity contribution is 5.95. The number of nitrogens with one attached hydrogen (secondary N) is 1. The molecule has 0 spiro atoms. The van der Waals surface area contributed by atoms with E-state index in [1.54, 1.807) is 0 Å². The average molecular weight is 268 g/mol. The Balaban J connectivity index is 2.15. The lowest BCUT2D eigenvalue weighted by Gasteiger charge is -2.16. The molecule has 3 heteroatoms. The lowest BCUT2D eigenvalue weighted by Crippen LogP contribution is -2.27. The van der Waals surface area contributed by atoms with Crippen LogP contribution in [0.4, 0.5) is 5.69 Å². The maximum Gasteiger partial charge on any atom is 0.252 e. The number of anilines is 1. The number of carbonyl (C=O) groups excluding carboxylic acids is 1. The van der Waals surface area contributed by atoms with Gasteiger partial charge < -0.3 is 11.1 Å². The predicted octanol–water partition coefficient (Wildman–Crippen LogP) is 3.38. The van der Waals surface area contributed by atoms with Gasteiger partial charge in [-0.1, -0.05) is 29.8 Å². The molecular weight excluding hydrogens is 248 g/mol. The van der Waals surface area contributed by atoms with Crippen molar-refractivity contribution < 1.29 is 4.79 Å². The van der Waals surface area contributed by atoms with E-state index < -0.39 is 0 Å². The molecule has 0 aliphatic carbocycles. The molecule has 0 heterocycles. The van der Waals surface area contributed by atoms with Crippen molar-refractivity contribution in [3.05, 3.63) is 64.7 Å². The van der Waals surface area contributed by atoms with E-state index in [0.717, 1.165) is 16.7 Å². The maximum atomic E-state index is 12.3. The Morgan fingerprint density at radius 3 is 2.55 bits per heavy atom. The van der Waals surface area contributed by atoms with Gasteiger partial charge in [-0.2, -0.15) is 0 Å². The van der Waals surface area contributed by atoms with Gasteiger partial charge in [0.25, 0.3) is 5.91 Å². The van der Waals surface area contributed by atoms with Crippen LogP contribution in [0.1, 0.15) is 40.0 Å². The number of nitrogen functional groups attached to an aromatic ring is 1. The Bertz CT molecular complexity index is 635. The van der Waals surface area contributed by atoms with E-state index in [1.165, 1.54) is 0 Å². The first-order chi connectivity index (χ1) is 9.47. The SMILES string of the molecule is Cc1ccc(C(=O)NC(C)c2cccc(N)c2)c(C)c1. The summed E-state index contributed by atoms with van der Waals surface area (Å²) in [6, 6.07) is 13.3. The second-order valence-corrected chi connectivity index (χ2v) is 5.18. The maximum absolute atomic E-state index is 12.3.